The molecule has 3 rings (SSSR count). The Morgan fingerprint density at radius 3 is 2.29 bits per heavy atom. The van der Waals surface area contributed by atoms with Crippen LogP contribution in [0, 0.1) is 16.0 Å². The SMILES string of the molecule is CC(C)COc1ccc(/C(O)=C2/C(=O)C(=O)N(CCCN(C)C)C2c2ccc([N+](=O)[O-])cc2)cc1. The Kier molecular flexibility index (Phi) is 8.24. The minimum atomic E-state index is -0.852. The minimum absolute atomic E-state index is 0.0374. The molecular formula is C26H31N3O6. The van der Waals surface area contributed by atoms with E-state index in [1.165, 1.54) is 29.2 Å². The van der Waals surface area contributed by atoms with Gasteiger partial charge in [0.05, 0.1) is 23.1 Å². The number of non-ortho nitro benzene ring substituents is 1. The molecule has 35 heavy (non-hydrogen) atoms. The van der Waals surface area contributed by atoms with Gasteiger partial charge in [-0.1, -0.05) is 13.8 Å². The quantitative estimate of drug-likeness (QED) is 0.179. The smallest absolute Gasteiger partial charge is 0.295 e. The van der Waals surface area contributed by atoms with Crippen LogP contribution in [0.2, 0.25) is 0 Å². The lowest BCUT2D eigenvalue weighted by Gasteiger charge is -2.26. The van der Waals surface area contributed by atoms with Crippen molar-refractivity contribution >= 4 is 23.1 Å². The molecular weight excluding hydrogens is 450 g/mol. The Balaban J connectivity index is 2.01. The summed E-state index contributed by atoms with van der Waals surface area (Å²) in [6, 6.07) is 11.5. The first-order chi connectivity index (χ1) is 16.6. The number of carbonyl (C=O) groups excluding carboxylic acids is 2. The highest BCUT2D eigenvalue weighted by atomic mass is 16.6. The number of nitrogens with zero attached hydrogens (tertiary/aromatic N) is 3. The monoisotopic (exact) mass is 481 g/mol. The molecule has 1 aliphatic rings. The van der Waals surface area contributed by atoms with Gasteiger partial charge >= 0.3 is 0 Å². The van der Waals surface area contributed by atoms with E-state index in [-0.39, 0.29) is 17.0 Å². The van der Waals surface area contributed by atoms with Gasteiger partial charge < -0.3 is 19.6 Å². The zero-order valence-electron chi connectivity index (χ0n) is 20.4. The van der Waals surface area contributed by atoms with Gasteiger partial charge in [0.25, 0.3) is 17.4 Å². The van der Waals surface area contributed by atoms with Crippen molar-refractivity contribution in [3.05, 3.63) is 75.3 Å². The van der Waals surface area contributed by atoms with Gasteiger partial charge in [-0.2, -0.15) is 0 Å². The molecule has 1 unspecified atom stereocenters. The third kappa shape index (κ3) is 6.05. The number of hydrogen-bond acceptors (Lipinski definition) is 7. The first-order valence-corrected chi connectivity index (χ1v) is 11.5. The number of aliphatic hydroxyl groups is 1. The van der Waals surface area contributed by atoms with Crippen molar-refractivity contribution in [1.82, 2.24) is 9.80 Å². The van der Waals surface area contributed by atoms with Crippen LogP contribution in [0.4, 0.5) is 5.69 Å². The van der Waals surface area contributed by atoms with E-state index in [4.69, 9.17) is 4.74 Å². The standard InChI is InChI=1S/C26H31N3O6/c1-17(2)16-35-21-12-8-19(9-13-21)24(30)22-23(18-6-10-20(11-7-18)29(33)34)28(26(32)25(22)31)15-5-14-27(3)4/h6-13,17,23,30H,5,14-16H2,1-4H3/b24-22-. The number of aliphatic hydroxyl groups excluding tert-OH is 1. The Bertz CT molecular complexity index is 1110. The number of ketones is 1. The molecule has 0 aromatic heterocycles. The molecule has 9 nitrogen and oxygen atoms in total. The summed E-state index contributed by atoms with van der Waals surface area (Å²) in [4.78, 5) is 40.0. The summed E-state index contributed by atoms with van der Waals surface area (Å²) in [5.74, 6) is -0.793. The molecule has 0 bridgehead atoms. The van der Waals surface area contributed by atoms with E-state index in [0.717, 1.165) is 0 Å². The molecule has 1 saturated heterocycles. The first kappa shape index (κ1) is 25.9. The van der Waals surface area contributed by atoms with Crippen LogP contribution in [0.5, 0.6) is 5.75 Å². The van der Waals surface area contributed by atoms with Gasteiger partial charge in [0.1, 0.15) is 11.5 Å². The number of ether oxygens (including phenoxy) is 1. The number of hydrogen-bond donors (Lipinski definition) is 1. The highest BCUT2D eigenvalue weighted by Gasteiger charge is 2.45. The van der Waals surface area contributed by atoms with E-state index in [1.54, 1.807) is 24.3 Å². The second kappa shape index (κ2) is 11.1. The van der Waals surface area contributed by atoms with E-state index in [2.05, 4.69) is 0 Å². The third-order valence-electron chi connectivity index (χ3n) is 5.68. The van der Waals surface area contributed by atoms with Gasteiger partial charge in [0.2, 0.25) is 0 Å². The van der Waals surface area contributed by atoms with Crippen LogP contribution in [-0.4, -0.2) is 65.3 Å². The molecule has 1 N–H and O–H groups in total. The van der Waals surface area contributed by atoms with E-state index in [1.807, 2.05) is 32.8 Å². The number of likely N-dealkylation sites (tertiary alicyclic amines) is 1. The van der Waals surface area contributed by atoms with Crippen molar-refractivity contribution in [3.8, 4) is 5.75 Å². The number of Topliss-reactive ketones (excluding diaryl/α,β-unsaturated/α-hetero) is 1. The van der Waals surface area contributed by atoms with Gasteiger partial charge in [0.15, 0.2) is 0 Å². The van der Waals surface area contributed by atoms with E-state index < -0.39 is 22.7 Å². The molecule has 0 spiro atoms. The summed E-state index contributed by atoms with van der Waals surface area (Å²) in [7, 11) is 3.83. The molecule has 0 radical (unpaired) electrons. The zero-order chi connectivity index (χ0) is 25.7. The molecule has 1 amide bonds. The maximum Gasteiger partial charge on any atom is 0.295 e. The topological polar surface area (TPSA) is 113 Å². The van der Waals surface area contributed by atoms with Gasteiger partial charge in [-0.15, -0.1) is 0 Å². The van der Waals surface area contributed by atoms with Crippen molar-refractivity contribution in [2.75, 3.05) is 33.8 Å². The number of amides is 1. The second-order valence-corrected chi connectivity index (χ2v) is 9.23. The lowest BCUT2D eigenvalue weighted by Crippen LogP contribution is -2.32. The lowest BCUT2D eigenvalue weighted by atomic mass is 9.95. The molecule has 1 fully saturated rings. The first-order valence-electron chi connectivity index (χ1n) is 11.5. The largest absolute Gasteiger partial charge is 0.507 e. The fourth-order valence-electron chi connectivity index (χ4n) is 3.92. The fraction of sp³-hybridized carbons (Fsp3) is 0.385. The lowest BCUT2D eigenvalue weighted by molar-refractivity contribution is -0.384. The van der Waals surface area contributed by atoms with E-state index >= 15 is 0 Å². The normalized spacial score (nSPS) is 17.4. The van der Waals surface area contributed by atoms with Crippen LogP contribution >= 0.6 is 0 Å². The number of rotatable bonds is 10. The van der Waals surface area contributed by atoms with Crippen molar-refractivity contribution in [3.63, 3.8) is 0 Å². The van der Waals surface area contributed by atoms with Crippen molar-refractivity contribution in [1.29, 1.82) is 0 Å². The van der Waals surface area contributed by atoms with Gasteiger partial charge in [-0.05, 0) is 74.9 Å². The summed E-state index contributed by atoms with van der Waals surface area (Å²) in [6.07, 6.45) is 0.616. The summed E-state index contributed by atoms with van der Waals surface area (Å²) in [5.41, 5.74) is 0.748. The highest BCUT2D eigenvalue weighted by Crippen LogP contribution is 2.40. The molecule has 0 saturated carbocycles. The molecule has 9 heteroatoms. The summed E-state index contributed by atoms with van der Waals surface area (Å²) in [5, 5.41) is 22.2. The number of nitro benzene ring substituents is 1. The fourth-order valence-corrected chi connectivity index (χ4v) is 3.92. The molecule has 2 aromatic carbocycles. The Morgan fingerprint density at radius 2 is 1.74 bits per heavy atom. The van der Waals surface area contributed by atoms with Gasteiger partial charge in [-0.3, -0.25) is 19.7 Å². The minimum Gasteiger partial charge on any atom is -0.507 e. The van der Waals surface area contributed by atoms with Crippen LogP contribution in [0.1, 0.15) is 37.4 Å². The molecule has 1 atom stereocenters. The molecule has 2 aromatic rings. The van der Waals surface area contributed by atoms with Crippen LogP contribution < -0.4 is 4.74 Å². The number of benzene rings is 2. The van der Waals surface area contributed by atoms with Crippen molar-refractivity contribution in [2.45, 2.75) is 26.3 Å². The van der Waals surface area contributed by atoms with Crippen molar-refractivity contribution in [2.24, 2.45) is 5.92 Å². The Labute approximate surface area is 204 Å². The maximum atomic E-state index is 13.1. The van der Waals surface area contributed by atoms with Gasteiger partial charge in [-0.25, -0.2) is 0 Å². The van der Waals surface area contributed by atoms with Crippen molar-refractivity contribution < 1.29 is 24.4 Å². The van der Waals surface area contributed by atoms with Gasteiger partial charge in [0, 0.05) is 24.2 Å². The zero-order valence-corrected chi connectivity index (χ0v) is 20.4. The summed E-state index contributed by atoms with van der Waals surface area (Å²) >= 11 is 0. The van der Waals surface area contributed by atoms with Crippen LogP contribution in [-0.2, 0) is 9.59 Å². The molecule has 186 valence electrons. The average molecular weight is 482 g/mol. The highest BCUT2D eigenvalue weighted by molar-refractivity contribution is 6.46. The van der Waals surface area contributed by atoms with E-state index in [0.29, 0.717) is 48.9 Å². The predicted molar refractivity (Wildman–Crippen MR) is 132 cm³/mol. The summed E-state index contributed by atoms with van der Waals surface area (Å²) < 4.78 is 5.68. The number of nitro groups is 1. The second-order valence-electron chi connectivity index (χ2n) is 9.23. The van der Waals surface area contributed by atoms with Crippen LogP contribution in [0.15, 0.2) is 54.1 Å². The molecule has 0 aliphatic carbocycles. The predicted octanol–water partition coefficient (Wildman–Crippen LogP) is 4.00. The number of carbonyl (C=O) groups is 2. The van der Waals surface area contributed by atoms with Crippen LogP contribution in [0.25, 0.3) is 5.76 Å². The maximum absolute atomic E-state index is 13.1. The van der Waals surface area contributed by atoms with Crippen LogP contribution in [0.3, 0.4) is 0 Å². The average Bonchev–Trinajstić information content (AvgIpc) is 3.07. The third-order valence-corrected chi connectivity index (χ3v) is 5.68. The van der Waals surface area contributed by atoms with E-state index in [9.17, 15) is 24.8 Å². The Hall–Kier alpha value is -3.72. The molecule has 1 heterocycles. The summed E-state index contributed by atoms with van der Waals surface area (Å²) in [6.45, 7) is 5.62. The Morgan fingerprint density at radius 1 is 1.11 bits per heavy atom. The molecule has 1 aliphatic heterocycles.